The van der Waals surface area contributed by atoms with Crippen LogP contribution in [0.25, 0.3) is 33.2 Å². The normalized spacial score (nSPS) is 25.2. The number of rotatable bonds is 6. The van der Waals surface area contributed by atoms with E-state index in [0.29, 0.717) is 41.1 Å². The van der Waals surface area contributed by atoms with E-state index in [1.807, 2.05) is 13.8 Å². The molecule has 0 spiro atoms. The van der Waals surface area contributed by atoms with Crippen molar-refractivity contribution in [1.82, 2.24) is 34.2 Å². The molecule has 2 aromatic carbocycles. The summed E-state index contributed by atoms with van der Waals surface area (Å²) < 4.78 is 17.2. The second-order valence-corrected chi connectivity index (χ2v) is 19.3. The minimum atomic E-state index is -1.06. The van der Waals surface area contributed by atoms with Crippen molar-refractivity contribution in [2.24, 2.45) is 10.8 Å². The lowest BCUT2D eigenvalue weighted by molar-refractivity contribution is 0.0268. The molecule has 0 saturated carbocycles. The van der Waals surface area contributed by atoms with E-state index in [2.05, 4.69) is 98.8 Å². The Morgan fingerprint density at radius 3 is 1.71 bits per heavy atom. The maximum Gasteiger partial charge on any atom is 0.288 e. The number of oxazole rings is 2. The van der Waals surface area contributed by atoms with Crippen LogP contribution in [0.15, 0.2) is 69.5 Å². The van der Waals surface area contributed by atoms with E-state index < -0.39 is 5.60 Å². The summed E-state index contributed by atoms with van der Waals surface area (Å²) in [4.78, 5) is 27.3. The highest BCUT2D eigenvalue weighted by Gasteiger charge is 2.52. The predicted molar refractivity (Wildman–Crippen MR) is 242 cm³/mol. The van der Waals surface area contributed by atoms with Gasteiger partial charge in [-0.3, -0.25) is 14.6 Å². The molecule has 4 atom stereocenters. The van der Waals surface area contributed by atoms with Crippen LogP contribution in [-0.4, -0.2) is 73.1 Å². The molecule has 6 aliphatic rings. The van der Waals surface area contributed by atoms with E-state index >= 15 is 0 Å². The highest BCUT2D eigenvalue weighted by molar-refractivity contribution is 5.94. The number of amides is 1. The molecule has 322 valence electrons. The van der Waals surface area contributed by atoms with Crippen LogP contribution in [0.2, 0.25) is 0 Å². The second kappa shape index (κ2) is 14.1. The molecule has 11 heteroatoms. The van der Waals surface area contributed by atoms with Crippen LogP contribution in [0.4, 0.5) is 0 Å². The van der Waals surface area contributed by atoms with Gasteiger partial charge in [0.05, 0.1) is 34.5 Å². The Hall–Kier alpha value is -5.23. The molecule has 0 aliphatic carbocycles. The molecule has 0 bridgehead atoms. The van der Waals surface area contributed by atoms with Crippen LogP contribution in [0.1, 0.15) is 140 Å². The molecule has 6 aliphatic heterocycles. The monoisotopic (exact) mass is 833 g/mol. The highest BCUT2D eigenvalue weighted by Crippen LogP contribution is 2.59. The van der Waals surface area contributed by atoms with Gasteiger partial charge in [0.1, 0.15) is 17.0 Å². The number of benzene rings is 2. The fourth-order valence-corrected chi connectivity index (χ4v) is 12.8. The molecule has 10 heterocycles. The predicted octanol–water partition coefficient (Wildman–Crippen LogP) is 9.45. The van der Waals surface area contributed by atoms with Crippen LogP contribution < -0.4 is 5.32 Å². The lowest BCUT2D eigenvalue weighted by atomic mass is 9.66. The van der Waals surface area contributed by atoms with Gasteiger partial charge in [-0.1, -0.05) is 50.2 Å². The number of piperidine rings is 2. The molecule has 1 amide bonds. The van der Waals surface area contributed by atoms with Crippen molar-refractivity contribution in [3.63, 3.8) is 0 Å². The van der Waals surface area contributed by atoms with Crippen LogP contribution in [0.5, 0.6) is 0 Å². The molecule has 6 aromatic rings. The Bertz CT molecular complexity index is 2860. The van der Waals surface area contributed by atoms with Crippen LogP contribution >= 0.6 is 0 Å². The average Bonchev–Trinajstić information content (AvgIpc) is 4.06. The molecule has 4 aromatic heterocycles. The van der Waals surface area contributed by atoms with Gasteiger partial charge in [-0.2, -0.15) is 0 Å². The molecule has 11 nitrogen and oxygen atoms in total. The van der Waals surface area contributed by atoms with E-state index in [1.165, 1.54) is 70.1 Å². The first-order valence-electron chi connectivity index (χ1n) is 23.0. The number of aliphatic hydroxyl groups is 1. The van der Waals surface area contributed by atoms with E-state index in [4.69, 9.17) is 18.8 Å². The Kier molecular flexibility index (Phi) is 9.03. The molecule has 0 radical (unpaired) electrons. The second-order valence-electron chi connectivity index (χ2n) is 19.3. The average molecular weight is 834 g/mol. The van der Waals surface area contributed by atoms with E-state index in [9.17, 15) is 9.90 Å². The maximum atomic E-state index is 12.3. The highest BCUT2D eigenvalue weighted by atomic mass is 16.4. The fourth-order valence-electron chi connectivity index (χ4n) is 12.8. The number of nitrogens with one attached hydrogen (secondary N) is 1. The van der Waals surface area contributed by atoms with Crippen LogP contribution in [0, 0.1) is 24.7 Å². The zero-order valence-corrected chi connectivity index (χ0v) is 37.3. The Morgan fingerprint density at radius 2 is 1.24 bits per heavy atom. The van der Waals surface area contributed by atoms with Crippen molar-refractivity contribution < 1.29 is 18.7 Å². The van der Waals surface area contributed by atoms with Crippen molar-refractivity contribution in [2.75, 3.05) is 33.2 Å². The Labute approximate surface area is 363 Å². The zero-order chi connectivity index (χ0) is 42.9. The molecular weight excluding hydrogens is 775 g/mol. The summed E-state index contributed by atoms with van der Waals surface area (Å²) in [6, 6.07) is 18.2. The maximum absolute atomic E-state index is 12.3. The third-order valence-corrected chi connectivity index (χ3v) is 15.5. The Morgan fingerprint density at radius 1 is 0.758 bits per heavy atom. The number of carbonyl (C=O) groups excluding carboxylic acids is 1. The van der Waals surface area contributed by atoms with Gasteiger partial charge in [0, 0.05) is 53.1 Å². The minimum Gasteiger partial charge on any atom is -0.437 e. The Balaban J connectivity index is 0.000000139. The first kappa shape index (κ1) is 39.6. The van der Waals surface area contributed by atoms with Gasteiger partial charge >= 0.3 is 0 Å². The number of nitrogens with zero attached hydrogens (tertiary/aromatic N) is 6. The summed E-state index contributed by atoms with van der Waals surface area (Å²) >= 11 is 0. The van der Waals surface area contributed by atoms with E-state index in [1.54, 1.807) is 20.9 Å². The van der Waals surface area contributed by atoms with Crippen LogP contribution in [0.3, 0.4) is 0 Å². The van der Waals surface area contributed by atoms with Gasteiger partial charge in [0.15, 0.2) is 5.76 Å². The van der Waals surface area contributed by atoms with Crippen molar-refractivity contribution in [3.05, 3.63) is 118 Å². The number of aromatic nitrogens is 4. The minimum absolute atomic E-state index is 0.0582. The van der Waals surface area contributed by atoms with Gasteiger partial charge in [0.25, 0.3) is 5.91 Å². The molecule has 12 rings (SSSR count). The van der Waals surface area contributed by atoms with Crippen molar-refractivity contribution in [1.29, 1.82) is 0 Å². The van der Waals surface area contributed by atoms with Gasteiger partial charge in [-0.05, 0) is 128 Å². The third kappa shape index (κ3) is 5.56. The molecule has 2 fully saturated rings. The number of fused-ring (bicyclic) bond motifs is 6. The summed E-state index contributed by atoms with van der Waals surface area (Å²) in [7, 11) is 1.62. The summed E-state index contributed by atoms with van der Waals surface area (Å²) in [5.41, 5.74) is 10.7. The van der Waals surface area contributed by atoms with Gasteiger partial charge in [-0.25, -0.2) is 9.97 Å². The number of hydrogen-bond acceptors (Lipinski definition) is 8. The standard InChI is InChI=1S/C26H31N3O2.C25H28N4O2/c1-5-26-12-8-13-28-14-11-18-17-9-6-7-10-19(17)29(21(18)22(26)28)20(15-26)24-27-16(2)23(31-24)25(3,4)30;1-4-25-11-7-12-28-13-10-17-16-8-5-6-9-18(16)29(20(17)22(25)28)19(14-25)24-27-15(2)21(31-24)23(30)26-3/h6-7,9-10,15,22,30H,5,8,11-14H2,1-4H3;5-6,8-9,14,22H,4,7,10-13H2,1-3H3,(H,26,30)/t22-,26+;22-,25+/m11/s1. The quantitative estimate of drug-likeness (QED) is 0.171. The summed E-state index contributed by atoms with van der Waals surface area (Å²) in [5.74, 6) is 1.76. The number of para-hydroxylation sites is 2. The first-order chi connectivity index (χ1) is 29.9. The van der Waals surface area contributed by atoms with Crippen LogP contribution in [-0.2, 0) is 18.4 Å². The molecule has 62 heavy (non-hydrogen) atoms. The summed E-state index contributed by atoms with van der Waals surface area (Å²) in [6.07, 6.45) is 14.0. The van der Waals surface area contributed by atoms with Gasteiger partial charge in [-0.15, -0.1) is 0 Å². The molecule has 2 N–H and O–H groups in total. The molecular formula is C51H59N7O4. The van der Waals surface area contributed by atoms with Gasteiger partial charge < -0.3 is 28.4 Å². The SMILES string of the molecule is CC[C@@]12C=C(c3nc(C)c(C(=O)NC)o3)n3c4c(c5ccccc53)CCN(CCC1)[C@H]42.CC[C@@]12C=C(c3nc(C)c(C(C)(C)O)o3)n3c4c(c5ccccc53)CCN(CCC1)[C@H]42. The zero-order valence-electron chi connectivity index (χ0n) is 37.3. The van der Waals surface area contributed by atoms with Crippen molar-refractivity contribution in [2.45, 2.75) is 111 Å². The number of carbonyl (C=O) groups is 1. The third-order valence-electron chi connectivity index (χ3n) is 15.5. The lowest BCUT2D eigenvalue weighted by Crippen LogP contribution is -2.50. The first-order valence-corrected chi connectivity index (χ1v) is 23.0. The number of aryl methyl sites for hydroxylation is 2. The van der Waals surface area contributed by atoms with Crippen molar-refractivity contribution >= 4 is 39.1 Å². The van der Waals surface area contributed by atoms with E-state index in [-0.39, 0.29) is 16.7 Å². The topological polar surface area (TPSA) is 118 Å². The van der Waals surface area contributed by atoms with Crippen molar-refractivity contribution in [3.8, 4) is 0 Å². The number of hydrogen-bond donors (Lipinski definition) is 2. The van der Waals surface area contributed by atoms with Gasteiger partial charge in [0.2, 0.25) is 17.5 Å². The smallest absolute Gasteiger partial charge is 0.288 e. The summed E-state index contributed by atoms with van der Waals surface area (Å²) in [6.45, 7) is 16.5. The molecule has 0 unspecified atom stereocenters. The largest absolute Gasteiger partial charge is 0.437 e. The van der Waals surface area contributed by atoms with E-state index in [0.717, 1.165) is 68.8 Å². The fraction of sp³-hybridized carbons (Fsp3) is 0.471. The molecule has 2 saturated heterocycles. The summed E-state index contributed by atoms with van der Waals surface area (Å²) in [5, 5.41) is 16.0. The lowest BCUT2D eigenvalue weighted by Gasteiger charge is -2.53.